The van der Waals surface area contributed by atoms with Gasteiger partial charge in [-0.3, -0.25) is 0 Å². The minimum atomic E-state index is -0.381. The second kappa shape index (κ2) is 4.28. The molecule has 0 spiro atoms. The standard InChI is InChI=1S/C12H18OS/c1-5-6-9(13)10-7-8-11(14-10)12(2,3)4/h5,7-9,13H,1,6H2,2-4H3. The van der Waals surface area contributed by atoms with Gasteiger partial charge in [0.05, 0.1) is 6.10 Å². The molecule has 0 bridgehead atoms. The minimum Gasteiger partial charge on any atom is -0.387 e. The molecule has 0 amide bonds. The second-order valence-corrected chi connectivity index (χ2v) is 5.61. The van der Waals surface area contributed by atoms with Gasteiger partial charge < -0.3 is 5.11 Å². The Hall–Kier alpha value is -0.600. The highest BCUT2D eigenvalue weighted by Gasteiger charge is 2.17. The van der Waals surface area contributed by atoms with Crippen LogP contribution in [0.25, 0.3) is 0 Å². The molecule has 0 aromatic carbocycles. The van der Waals surface area contributed by atoms with Crippen molar-refractivity contribution in [2.75, 3.05) is 0 Å². The van der Waals surface area contributed by atoms with Crippen molar-refractivity contribution in [2.24, 2.45) is 0 Å². The molecule has 1 atom stereocenters. The fraction of sp³-hybridized carbons (Fsp3) is 0.500. The molecule has 0 saturated heterocycles. The van der Waals surface area contributed by atoms with Crippen LogP contribution < -0.4 is 0 Å². The minimum absolute atomic E-state index is 0.177. The van der Waals surface area contributed by atoms with Crippen molar-refractivity contribution in [3.8, 4) is 0 Å². The van der Waals surface area contributed by atoms with Crippen LogP contribution in [0.3, 0.4) is 0 Å². The molecule has 1 aromatic heterocycles. The van der Waals surface area contributed by atoms with Crippen LogP contribution in [0.5, 0.6) is 0 Å². The maximum absolute atomic E-state index is 9.74. The molecule has 0 fully saturated rings. The van der Waals surface area contributed by atoms with Crippen molar-refractivity contribution in [3.05, 3.63) is 34.5 Å². The fourth-order valence-corrected chi connectivity index (χ4v) is 2.27. The van der Waals surface area contributed by atoms with Gasteiger partial charge in [0.15, 0.2) is 0 Å². The first-order chi connectivity index (χ1) is 6.45. The molecule has 1 rings (SSSR count). The lowest BCUT2D eigenvalue weighted by Crippen LogP contribution is -2.07. The average Bonchev–Trinajstić information content (AvgIpc) is 2.51. The van der Waals surface area contributed by atoms with E-state index in [9.17, 15) is 5.11 Å². The largest absolute Gasteiger partial charge is 0.387 e. The van der Waals surface area contributed by atoms with E-state index in [2.05, 4.69) is 33.4 Å². The zero-order valence-corrected chi connectivity index (χ0v) is 9.90. The van der Waals surface area contributed by atoms with Crippen molar-refractivity contribution >= 4 is 11.3 Å². The van der Waals surface area contributed by atoms with Gasteiger partial charge in [0.1, 0.15) is 0 Å². The van der Waals surface area contributed by atoms with Crippen LogP contribution >= 0.6 is 11.3 Å². The van der Waals surface area contributed by atoms with Crippen LogP contribution in [0, 0.1) is 0 Å². The summed E-state index contributed by atoms with van der Waals surface area (Å²) in [6, 6.07) is 4.12. The van der Waals surface area contributed by atoms with Crippen LogP contribution in [0.4, 0.5) is 0 Å². The Morgan fingerprint density at radius 1 is 1.50 bits per heavy atom. The highest BCUT2D eigenvalue weighted by Crippen LogP contribution is 2.33. The van der Waals surface area contributed by atoms with Crippen LogP contribution in [0.1, 0.15) is 43.1 Å². The lowest BCUT2D eigenvalue weighted by atomic mass is 9.95. The summed E-state index contributed by atoms with van der Waals surface area (Å²) in [6.07, 6.45) is 2.00. The summed E-state index contributed by atoms with van der Waals surface area (Å²) in [5.74, 6) is 0. The summed E-state index contributed by atoms with van der Waals surface area (Å²) in [4.78, 5) is 2.35. The lowest BCUT2D eigenvalue weighted by Gasteiger charge is -2.15. The average molecular weight is 210 g/mol. The van der Waals surface area contributed by atoms with Crippen molar-refractivity contribution < 1.29 is 5.11 Å². The number of rotatable bonds is 3. The zero-order valence-electron chi connectivity index (χ0n) is 9.08. The Kier molecular flexibility index (Phi) is 3.51. The molecule has 0 radical (unpaired) electrons. The number of aliphatic hydroxyl groups is 1. The molecule has 1 unspecified atom stereocenters. The number of thiophene rings is 1. The number of aliphatic hydroxyl groups excluding tert-OH is 1. The van der Waals surface area contributed by atoms with E-state index >= 15 is 0 Å². The molecular formula is C12H18OS. The van der Waals surface area contributed by atoms with Gasteiger partial charge in [-0.15, -0.1) is 17.9 Å². The fourth-order valence-electron chi connectivity index (χ4n) is 1.21. The third-order valence-corrected chi connectivity index (χ3v) is 3.70. The molecule has 1 heterocycles. The Bertz CT molecular complexity index is 306. The van der Waals surface area contributed by atoms with E-state index < -0.39 is 0 Å². The summed E-state index contributed by atoms with van der Waals surface area (Å²) in [5, 5.41) is 9.74. The smallest absolute Gasteiger partial charge is 0.0916 e. The van der Waals surface area contributed by atoms with Gasteiger partial charge in [-0.1, -0.05) is 26.8 Å². The van der Waals surface area contributed by atoms with Gasteiger partial charge in [0.2, 0.25) is 0 Å². The van der Waals surface area contributed by atoms with Gasteiger partial charge in [0.25, 0.3) is 0 Å². The Morgan fingerprint density at radius 3 is 2.57 bits per heavy atom. The normalized spacial score (nSPS) is 14.0. The van der Waals surface area contributed by atoms with Crippen LogP contribution in [0.15, 0.2) is 24.8 Å². The van der Waals surface area contributed by atoms with E-state index in [1.54, 1.807) is 17.4 Å². The summed E-state index contributed by atoms with van der Waals surface area (Å²) in [6.45, 7) is 10.2. The Labute approximate surface area is 90.1 Å². The quantitative estimate of drug-likeness (QED) is 0.755. The Morgan fingerprint density at radius 2 is 2.14 bits per heavy atom. The summed E-state index contributed by atoms with van der Waals surface area (Å²) in [5.41, 5.74) is 0.177. The van der Waals surface area contributed by atoms with Gasteiger partial charge in [0, 0.05) is 9.75 Å². The van der Waals surface area contributed by atoms with Crippen molar-refractivity contribution in [3.63, 3.8) is 0 Å². The van der Waals surface area contributed by atoms with Crippen LogP contribution in [-0.4, -0.2) is 5.11 Å². The van der Waals surface area contributed by atoms with E-state index in [0.29, 0.717) is 6.42 Å². The lowest BCUT2D eigenvalue weighted by molar-refractivity contribution is 0.185. The van der Waals surface area contributed by atoms with E-state index in [4.69, 9.17) is 0 Å². The molecule has 78 valence electrons. The number of hydrogen-bond donors (Lipinski definition) is 1. The molecule has 0 aliphatic carbocycles. The summed E-state index contributed by atoms with van der Waals surface area (Å²) in [7, 11) is 0. The molecule has 0 aliphatic rings. The Balaban J connectivity index is 2.82. The van der Waals surface area contributed by atoms with E-state index in [-0.39, 0.29) is 11.5 Å². The van der Waals surface area contributed by atoms with Crippen LogP contribution in [0.2, 0.25) is 0 Å². The predicted octanol–water partition coefficient (Wildman–Crippen LogP) is 3.66. The molecule has 14 heavy (non-hydrogen) atoms. The van der Waals surface area contributed by atoms with Gasteiger partial charge >= 0.3 is 0 Å². The van der Waals surface area contributed by atoms with Gasteiger partial charge in [-0.25, -0.2) is 0 Å². The number of hydrogen-bond acceptors (Lipinski definition) is 2. The molecule has 1 aromatic rings. The van der Waals surface area contributed by atoms with Crippen LogP contribution in [-0.2, 0) is 5.41 Å². The molecule has 1 nitrogen and oxygen atoms in total. The van der Waals surface area contributed by atoms with E-state index in [1.807, 2.05) is 6.07 Å². The van der Waals surface area contributed by atoms with Crippen molar-refractivity contribution in [2.45, 2.75) is 38.7 Å². The van der Waals surface area contributed by atoms with Crippen molar-refractivity contribution in [1.82, 2.24) is 0 Å². The maximum atomic E-state index is 9.74. The van der Waals surface area contributed by atoms with E-state index in [0.717, 1.165) is 4.88 Å². The molecule has 2 heteroatoms. The topological polar surface area (TPSA) is 20.2 Å². The molecule has 1 N–H and O–H groups in total. The third kappa shape index (κ3) is 2.69. The first-order valence-corrected chi connectivity index (χ1v) is 5.66. The zero-order chi connectivity index (χ0) is 10.8. The molecule has 0 saturated carbocycles. The monoisotopic (exact) mass is 210 g/mol. The maximum Gasteiger partial charge on any atom is 0.0916 e. The van der Waals surface area contributed by atoms with Gasteiger partial charge in [-0.2, -0.15) is 0 Å². The van der Waals surface area contributed by atoms with E-state index in [1.165, 1.54) is 4.88 Å². The first kappa shape index (κ1) is 11.5. The summed E-state index contributed by atoms with van der Waals surface area (Å²) >= 11 is 1.69. The molecule has 0 aliphatic heterocycles. The SMILES string of the molecule is C=CCC(O)c1ccc(C(C)(C)C)s1. The van der Waals surface area contributed by atoms with Gasteiger partial charge in [-0.05, 0) is 24.0 Å². The first-order valence-electron chi connectivity index (χ1n) is 4.84. The predicted molar refractivity (Wildman–Crippen MR) is 62.8 cm³/mol. The summed E-state index contributed by atoms with van der Waals surface area (Å²) < 4.78 is 0. The highest BCUT2D eigenvalue weighted by molar-refractivity contribution is 7.12. The highest BCUT2D eigenvalue weighted by atomic mass is 32.1. The van der Waals surface area contributed by atoms with Crippen molar-refractivity contribution in [1.29, 1.82) is 0 Å². The second-order valence-electron chi connectivity index (χ2n) is 4.49. The molecular weight excluding hydrogens is 192 g/mol. The third-order valence-electron chi connectivity index (χ3n) is 2.08.